The summed E-state index contributed by atoms with van der Waals surface area (Å²) >= 11 is 3.37. The van der Waals surface area contributed by atoms with E-state index in [1.807, 2.05) is 0 Å². The number of ether oxygens (including phenoxy) is 2. The first-order valence-electron chi connectivity index (χ1n) is 8.30. The van der Waals surface area contributed by atoms with Gasteiger partial charge in [-0.15, -0.1) is 0 Å². The fraction of sp³-hybridized carbons (Fsp3) is 0.190. The SMILES string of the molecule is C=C(C(=O)OCC)[C@H](c1ccc(Br)cc1)[C@]1(C#N)OC(=O)c2ccccc21. The molecular formula is C21H16BrNO4. The van der Waals surface area contributed by atoms with Crippen LogP contribution in [0.25, 0.3) is 0 Å². The Morgan fingerprint density at radius 3 is 2.59 bits per heavy atom. The van der Waals surface area contributed by atoms with Crippen LogP contribution in [0.15, 0.2) is 65.2 Å². The Hall–Kier alpha value is -2.91. The molecule has 2 aromatic carbocycles. The number of hydrogen-bond acceptors (Lipinski definition) is 5. The Morgan fingerprint density at radius 2 is 1.96 bits per heavy atom. The lowest BCUT2D eigenvalue weighted by Crippen LogP contribution is -2.35. The number of rotatable bonds is 5. The van der Waals surface area contributed by atoms with E-state index in [0.717, 1.165) is 4.47 Å². The molecule has 2 atom stereocenters. The van der Waals surface area contributed by atoms with E-state index in [2.05, 4.69) is 28.6 Å². The zero-order valence-electron chi connectivity index (χ0n) is 14.6. The Labute approximate surface area is 165 Å². The number of fused-ring (bicyclic) bond motifs is 1. The third-order valence-corrected chi connectivity index (χ3v) is 4.99. The zero-order chi connectivity index (χ0) is 19.6. The standard InChI is InChI=1S/C21H16BrNO4/c1-3-26-19(24)13(2)18(14-8-10-15(22)11-9-14)21(12-23)17-7-5-4-6-16(17)20(25)27-21/h4-11,18H,2-3H2,1H3/t18-,21-/m1/s1. The summed E-state index contributed by atoms with van der Waals surface area (Å²) in [5.74, 6) is -2.16. The smallest absolute Gasteiger partial charge is 0.340 e. The van der Waals surface area contributed by atoms with E-state index in [0.29, 0.717) is 16.7 Å². The van der Waals surface area contributed by atoms with Gasteiger partial charge < -0.3 is 9.47 Å². The van der Waals surface area contributed by atoms with E-state index < -0.39 is 23.5 Å². The summed E-state index contributed by atoms with van der Waals surface area (Å²) in [6, 6.07) is 15.9. The van der Waals surface area contributed by atoms with Gasteiger partial charge >= 0.3 is 11.9 Å². The van der Waals surface area contributed by atoms with Crippen molar-refractivity contribution in [2.24, 2.45) is 0 Å². The molecule has 0 spiro atoms. The lowest BCUT2D eigenvalue weighted by Gasteiger charge is -2.32. The first-order chi connectivity index (χ1) is 12.9. The van der Waals surface area contributed by atoms with Crippen LogP contribution in [-0.2, 0) is 19.9 Å². The molecular weight excluding hydrogens is 410 g/mol. The maximum atomic E-state index is 12.5. The van der Waals surface area contributed by atoms with Crippen LogP contribution in [0.5, 0.6) is 0 Å². The maximum absolute atomic E-state index is 12.5. The zero-order valence-corrected chi connectivity index (χ0v) is 16.2. The summed E-state index contributed by atoms with van der Waals surface area (Å²) in [6.45, 7) is 5.73. The molecule has 6 heteroatoms. The minimum atomic E-state index is -1.70. The quantitative estimate of drug-likeness (QED) is 0.528. The molecule has 2 aromatic rings. The van der Waals surface area contributed by atoms with Crippen molar-refractivity contribution in [1.82, 2.24) is 0 Å². The molecule has 3 rings (SSSR count). The van der Waals surface area contributed by atoms with Gasteiger partial charge in [0.15, 0.2) is 0 Å². The highest BCUT2D eigenvalue weighted by Gasteiger charge is 2.54. The molecule has 0 bridgehead atoms. The molecule has 0 aliphatic carbocycles. The second-order valence-corrected chi connectivity index (χ2v) is 6.93. The summed E-state index contributed by atoms with van der Waals surface area (Å²) in [5, 5.41) is 10.1. The average Bonchev–Trinajstić information content (AvgIpc) is 2.97. The van der Waals surface area contributed by atoms with Crippen molar-refractivity contribution in [3.05, 3.63) is 81.8 Å². The number of hydrogen-bond donors (Lipinski definition) is 0. The van der Waals surface area contributed by atoms with Gasteiger partial charge in [0.25, 0.3) is 0 Å². The van der Waals surface area contributed by atoms with Crippen LogP contribution in [0.3, 0.4) is 0 Å². The molecule has 0 saturated heterocycles. The molecule has 1 heterocycles. The number of halogens is 1. The highest BCUT2D eigenvalue weighted by molar-refractivity contribution is 9.10. The van der Waals surface area contributed by atoms with Crippen LogP contribution in [0.1, 0.15) is 34.3 Å². The van der Waals surface area contributed by atoms with Gasteiger partial charge in [-0.25, -0.2) is 9.59 Å². The topological polar surface area (TPSA) is 76.4 Å². The molecule has 5 nitrogen and oxygen atoms in total. The molecule has 0 amide bonds. The molecule has 0 saturated carbocycles. The highest BCUT2D eigenvalue weighted by atomic mass is 79.9. The second-order valence-electron chi connectivity index (χ2n) is 6.01. The molecule has 1 aliphatic rings. The van der Waals surface area contributed by atoms with E-state index >= 15 is 0 Å². The largest absolute Gasteiger partial charge is 0.463 e. The van der Waals surface area contributed by atoms with Crippen LogP contribution in [0.4, 0.5) is 0 Å². The number of carbonyl (C=O) groups is 2. The van der Waals surface area contributed by atoms with Gasteiger partial charge in [0.1, 0.15) is 6.07 Å². The number of nitriles is 1. The number of esters is 2. The predicted molar refractivity (Wildman–Crippen MR) is 102 cm³/mol. The van der Waals surface area contributed by atoms with Gasteiger partial charge in [-0.3, -0.25) is 0 Å². The molecule has 0 radical (unpaired) electrons. The van der Waals surface area contributed by atoms with Gasteiger partial charge in [0.05, 0.1) is 18.1 Å². The van der Waals surface area contributed by atoms with Crippen molar-refractivity contribution in [3.63, 3.8) is 0 Å². The van der Waals surface area contributed by atoms with Crippen LogP contribution >= 0.6 is 15.9 Å². The first-order valence-corrected chi connectivity index (χ1v) is 9.09. The average molecular weight is 426 g/mol. The number of cyclic esters (lactones) is 1. The molecule has 0 unspecified atom stereocenters. The van der Waals surface area contributed by atoms with Crippen molar-refractivity contribution in [2.75, 3.05) is 6.61 Å². The van der Waals surface area contributed by atoms with Crippen molar-refractivity contribution in [2.45, 2.75) is 18.4 Å². The fourth-order valence-electron chi connectivity index (χ4n) is 3.28. The van der Waals surface area contributed by atoms with Crippen molar-refractivity contribution in [1.29, 1.82) is 5.26 Å². The van der Waals surface area contributed by atoms with Gasteiger partial charge in [-0.2, -0.15) is 5.26 Å². The number of benzene rings is 2. The molecule has 0 N–H and O–H groups in total. The molecule has 1 aliphatic heterocycles. The Balaban J connectivity index is 2.22. The molecule has 136 valence electrons. The van der Waals surface area contributed by atoms with Crippen molar-refractivity contribution in [3.8, 4) is 6.07 Å². The van der Waals surface area contributed by atoms with Gasteiger partial charge in [0, 0.05) is 15.6 Å². The summed E-state index contributed by atoms with van der Waals surface area (Å²) in [6.07, 6.45) is 0. The second kappa shape index (κ2) is 7.37. The van der Waals surface area contributed by atoms with E-state index in [-0.39, 0.29) is 12.2 Å². The summed E-state index contributed by atoms with van der Waals surface area (Å²) in [7, 11) is 0. The van der Waals surface area contributed by atoms with Crippen LogP contribution in [0.2, 0.25) is 0 Å². The summed E-state index contributed by atoms with van der Waals surface area (Å²) in [5.41, 5.74) is -0.327. The summed E-state index contributed by atoms with van der Waals surface area (Å²) in [4.78, 5) is 24.9. The minimum Gasteiger partial charge on any atom is -0.463 e. The first kappa shape index (κ1) is 18.9. The lowest BCUT2D eigenvalue weighted by molar-refractivity contribution is -0.139. The normalized spacial score (nSPS) is 18.8. The molecule has 0 fully saturated rings. The van der Waals surface area contributed by atoms with Crippen LogP contribution in [-0.4, -0.2) is 18.5 Å². The summed E-state index contributed by atoms with van der Waals surface area (Å²) < 4.78 is 11.5. The Kier molecular flexibility index (Phi) is 5.15. The number of nitrogens with zero attached hydrogens (tertiary/aromatic N) is 1. The Bertz CT molecular complexity index is 961. The van der Waals surface area contributed by atoms with Crippen molar-refractivity contribution >= 4 is 27.9 Å². The van der Waals surface area contributed by atoms with Gasteiger partial charge in [0.2, 0.25) is 5.60 Å². The van der Waals surface area contributed by atoms with Gasteiger partial charge in [-0.1, -0.05) is 52.8 Å². The maximum Gasteiger partial charge on any atom is 0.340 e. The monoisotopic (exact) mass is 425 g/mol. The number of carbonyl (C=O) groups excluding carboxylic acids is 2. The van der Waals surface area contributed by atoms with E-state index in [1.54, 1.807) is 55.5 Å². The van der Waals surface area contributed by atoms with E-state index in [4.69, 9.17) is 9.47 Å². The molecule has 0 aromatic heterocycles. The highest BCUT2D eigenvalue weighted by Crippen LogP contribution is 2.49. The third kappa shape index (κ3) is 3.15. The fourth-order valence-corrected chi connectivity index (χ4v) is 3.55. The minimum absolute atomic E-state index is 0.0465. The lowest BCUT2D eigenvalue weighted by atomic mass is 9.74. The Morgan fingerprint density at radius 1 is 1.30 bits per heavy atom. The van der Waals surface area contributed by atoms with Gasteiger partial charge in [-0.05, 0) is 30.7 Å². The molecule has 27 heavy (non-hydrogen) atoms. The van der Waals surface area contributed by atoms with Crippen molar-refractivity contribution < 1.29 is 19.1 Å². The van der Waals surface area contributed by atoms with Crippen LogP contribution < -0.4 is 0 Å². The predicted octanol–water partition coefficient (Wildman–Crippen LogP) is 4.24. The third-order valence-electron chi connectivity index (χ3n) is 4.46. The van der Waals surface area contributed by atoms with Crippen LogP contribution in [0, 0.1) is 11.3 Å². The van der Waals surface area contributed by atoms with E-state index in [1.165, 1.54) is 0 Å². The van der Waals surface area contributed by atoms with E-state index in [9.17, 15) is 14.9 Å².